The van der Waals surface area contributed by atoms with E-state index in [0.717, 1.165) is 65.4 Å². The number of aliphatic hydroxyl groups is 1. The molecule has 1 aliphatic heterocycles. The summed E-state index contributed by atoms with van der Waals surface area (Å²) in [7, 11) is 2.14. The van der Waals surface area contributed by atoms with Gasteiger partial charge in [0.1, 0.15) is 5.65 Å². The van der Waals surface area contributed by atoms with Gasteiger partial charge in [0.25, 0.3) is 0 Å². The van der Waals surface area contributed by atoms with Crippen molar-refractivity contribution >= 4 is 33.7 Å². The standard InChI is InChI=1S/C21H24N6O/c1-21(2,28)15-12-14-13-22-20(26-10-8-25(3)9-11-26)24-18(14)27-17-7-5-4-6-16(17)23-19(15)27/h4-7,12-13,28H,8-11H2,1-3H3. The molecular formula is C21H24N6O. The monoisotopic (exact) mass is 376 g/mol. The van der Waals surface area contributed by atoms with E-state index in [2.05, 4.69) is 26.2 Å². The van der Waals surface area contributed by atoms with Crippen LogP contribution in [0.4, 0.5) is 5.95 Å². The Morgan fingerprint density at radius 2 is 1.75 bits per heavy atom. The molecular weight excluding hydrogens is 352 g/mol. The molecule has 28 heavy (non-hydrogen) atoms. The highest BCUT2D eigenvalue weighted by molar-refractivity contribution is 5.90. The van der Waals surface area contributed by atoms with Crippen molar-refractivity contribution in [3.63, 3.8) is 0 Å². The van der Waals surface area contributed by atoms with Gasteiger partial charge in [-0.1, -0.05) is 12.1 Å². The predicted octanol–water partition coefficient (Wildman–Crippen LogP) is 2.41. The van der Waals surface area contributed by atoms with Crippen LogP contribution in [0.1, 0.15) is 19.4 Å². The highest BCUT2D eigenvalue weighted by Crippen LogP contribution is 2.31. The molecule has 1 aromatic carbocycles. The molecule has 5 rings (SSSR count). The fourth-order valence-corrected chi connectivity index (χ4v) is 3.90. The number of hydrogen-bond donors (Lipinski definition) is 1. The fourth-order valence-electron chi connectivity index (χ4n) is 3.90. The summed E-state index contributed by atoms with van der Waals surface area (Å²) in [5, 5.41) is 11.6. The molecule has 1 fully saturated rings. The van der Waals surface area contributed by atoms with Crippen LogP contribution < -0.4 is 4.90 Å². The molecule has 7 nitrogen and oxygen atoms in total. The largest absolute Gasteiger partial charge is 0.386 e. The number of para-hydroxylation sites is 2. The first-order valence-corrected chi connectivity index (χ1v) is 9.65. The highest BCUT2D eigenvalue weighted by atomic mass is 16.3. The van der Waals surface area contributed by atoms with E-state index in [0.29, 0.717) is 0 Å². The summed E-state index contributed by atoms with van der Waals surface area (Å²) in [6, 6.07) is 9.97. The van der Waals surface area contributed by atoms with Crippen LogP contribution in [-0.4, -0.2) is 62.6 Å². The van der Waals surface area contributed by atoms with E-state index in [-0.39, 0.29) is 0 Å². The van der Waals surface area contributed by atoms with Crippen molar-refractivity contribution in [3.8, 4) is 0 Å². The third-order valence-electron chi connectivity index (χ3n) is 5.54. The minimum Gasteiger partial charge on any atom is -0.386 e. The number of nitrogens with zero attached hydrogens (tertiary/aromatic N) is 6. The molecule has 0 saturated carbocycles. The van der Waals surface area contributed by atoms with Crippen molar-refractivity contribution in [1.82, 2.24) is 24.3 Å². The summed E-state index contributed by atoms with van der Waals surface area (Å²) in [5.41, 5.74) is 3.18. The average molecular weight is 376 g/mol. The van der Waals surface area contributed by atoms with Crippen molar-refractivity contribution in [2.45, 2.75) is 19.4 Å². The van der Waals surface area contributed by atoms with Crippen LogP contribution >= 0.6 is 0 Å². The minimum atomic E-state index is -1.02. The van der Waals surface area contributed by atoms with Gasteiger partial charge in [0.05, 0.1) is 16.6 Å². The molecule has 4 heterocycles. The summed E-state index contributed by atoms with van der Waals surface area (Å²) in [5.74, 6) is 0.746. The van der Waals surface area contributed by atoms with Crippen molar-refractivity contribution in [1.29, 1.82) is 0 Å². The Morgan fingerprint density at radius 3 is 2.50 bits per heavy atom. The van der Waals surface area contributed by atoms with Gasteiger partial charge >= 0.3 is 0 Å². The maximum atomic E-state index is 10.7. The average Bonchev–Trinajstić information content (AvgIpc) is 3.06. The van der Waals surface area contributed by atoms with Crippen LogP contribution in [0.3, 0.4) is 0 Å². The van der Waals surface area contributed by atoms with Crippen LogP contribution in [0.2, 0.25) is 0 Å². The Hall–Kier alpha value is -2.77. The van der Waals surface area contributed by atoms with E-state index in [1.807, 2.05) is 36.5 Å². The van der Waals surface area contributed by atoms with E-state index in [9.17, 15) is 5.11 Å². The number of imidazole rings is 1. The van der Waals surface area contributed by atoms with Gasteiger partial charge in [0.15, 0.2) is 5.65 Å². The predicted molar refractivity (Wildman–Crippen MR) is 111 cm³/mol. The van der Waals surface area contributed by atoms with E-state index in [4.69, 9.17) is 9.97 Å². The normalized spacial score (nSPS) is 16.5. The molecule has 0 atom stereocenters. The van der Waals surface area contributed by atoms with Crippen LogP contribution in [-0.2, 0) is 5.60 Å². The van der Waals surface area contributed by atoms with Crippen LogP contribution in [0.15, 0.2) is 36.5 Å². The quantitative estimate of drug-likeness (QED) is 0.579. The first kappa shape index (κ1) is 17.3. The topological polar surface area (TPSA) is 69.8 Å². The molecule has 7 heteroatoms. The van der Waals surface area contributed by atoms with Gasteiger partial charge in [-0.15, -0.1) is 0 Å². The minimum absolute atomic E-state index is 0.740. The molecule has 0 radical (unpaired) electrons. The number of fused-ring (bicyclic) bond motifs is 5. The number of pyridine rings is 1. The molecule has 144 valence electrons. The summed E-state index contributed by atoms with van der Waals surface area (Å²) in [6.45, 7) is 7.40. The van der Waals surface area contributed by atoms with Crippen molar-refractivity contribution in [2.75, 3.05) is 38.1 Å². The van der Waals surface area contributed by atoms with E-state index in [1.165, 1.54) is 0 Å². The van der Waals surface area contributed by atoms with Gasteiger partial charge in [-0.25, -0.2) is 9.97 Å². The number of hydrogen-bond acceptors (Lipinski definition) is 6. The van der Waals surface area contributed by atoms with Crippen molar-refractivity contribution < 1.29 is 5.11 Å². The lowest BCUT2D eigenvalue weighted by atomic mass is 9.98. The molecule has 1 N–H and O–H groups in total. The Bertz CT molecular complexity index is 1180. The highest BCUT2D eigenvalue weighted by Gasteiger charge is 2.25. The SMILES string of the molecule is CN1CCN(c2ncc3cc(C(C)(C)O)c4nc5ccccc5n4c3n2)CC1. The number of aromatic nitrogens is 4. The lowest BCUT2D eigenvalue weighted by Crippen LogP contribution is -2.45. The lowest BCUT2D eigenvalue weighted by Gasteiger charge is -2.32. The van der Waals surface area contributed by atoms with Gasteiger partial charge in [-0.2, -0.15) is 4.98 Å². The van der Waals surface area contributed by atoms with E-state index in [1.54, 1.807) is 13.8 Å². The van der Waals surface area contributed by atoms with E-state index < -0.39 is 5.60 Å². The smallest absolute Gasteiger partial charge is 0.227 e. The third-order valence-corrected chi connectivity index (χ3v) is 5.54. The Labute approximate surface area is 163 Å². The summed E-state index contributed by atoms with van der Waals surface area (Å²) < 4.78 is 2.05. The van der Waals surface area contributed by atoms with Gasteiger partial charge in [-0.3, -0.25) is 4.40 Å². The summed E-state index contributed by atoms with van der Waals surface area (Å²) >= 11 is 0. The fraction of sp³-hybridized carbons (Fsp3) is 0.381. The molecule has 0 bridgehead atoms. The molecule has 0 amide bonds. The molecule has 1 saturated heterocycles. The molecule has 1 aliphatic rings. The second kappa shape index (κ2) is 6.12. The third kappa shape index (κ3) is 2.70. The second-order valence-corrected chi connectivity index (χ2v) is 8.12. The molecule has 0 spiro atoms. The maximum Gasteiger partial charge on any atom is 0.227 e. The molecule has 0 unspecified atom stereocenters. The Kier molecular flexibility index (Phi) is 3.79. The second-order valence-electron chi connectivity index (χ2n) is 8.12. The van der Waals surface area contributed by atoms with Gasteiger partial charge < -0.3 is 14.9 Å². The number of benzene rings is 1. The van der Waals surface area contributed by atoms with Crippen LogP contribution in [0.25, 0.3) is 27.7 Å². The van der Waals surface area contributed by atoms with Crippen LogP contribution in [0.5, 0.6) is 0 Å². The maximum absolute atomic E-state index is 10.7. The first-order valence-electron chi connectivity index (χ1n) is 9.65. The first-order chi connectivity index (χ1) is 13.4. The summed E-state index contributed by atoms with van der Waals surface area (Å²) in [4.78, 5) is 18.9. The van der Waals surface area contributed by atoms with Crippen molar-refractivity contribution in [2.24, 2.45) is 0 Å². The zero-order valence-electron chi connectivity index (χ0n) is 16.4. The zero-order chi connectivity index (χ0) is 19.5. The molecule has 3 aromatic heterocycles. The number of rotatable bonds is 2. The van der Waals surface area contributed by atoms with Gasteiger partial charge in [-0.05, 0) is 39.1 Å². The molecule has 0 aliphatic carbocycles. The summed E-state index contributed by atoms with van der Waals surface area (Å²) in [6.07, 6.45) is 1.86. The van der Waals surface area contributed by atoms with Gasteiger partial charge in [0.2, 0.25) is 5.95 Å². The van der Waals surface area contributed by atoms with E-state index >= 15 is 0 Å². The Morgan fingerprint density at radius 1 is 1.00 bits per heavy atom. The Balaban J connectivity index is 1.80. The number of anilines is 1. The zero-order valence-corrected chi connectivity index (χ0v) is 16.4. The molecule has 4 aromatic rings. The van der Waals surface area contributed by atoms with Gasteiger partial charge in [0, 0.05) is 43.3 Å². The van der Waals surface area contributed by atoms with Crippen molar-refractivity contribution in [3.05, 3.63) is 42.1 Å². The number of likely N-dealkylation sites (N-methyl/N-ethyl adjacent to an activating group) is 1. The van der Waals surface area contributed by atoms with Crippen LogP contribution in [0, 0.1) is 0 Å². The lowest BCUT2D eigenvalue weighted by molar-refractivity contribution is 0.0798. The number of piperazine rings is 1.